The lowest BCUT2D eigenvalue weighted by Crippen LogP contribution is -2.21. The van der Waals surface area contributed by atoms with Gasteiger partial charge in [0, 0.05) is 5.57 Å². The molecule has 0 saturated heterocycles. The van der Waals surface area contributed by atoms with Crippen molar-refractivity contribution in [3.63, 3.8) is 0 Å². The van der Waals surface area contributed by atoms with E-state index in [2.05, 4.69) is 20.8 Å². The van der Waals surface area contributed by atoms with E-state index in [9.17, 15) is 9.59 Å². The van der Waals surface area contributed by atoms with E-state index in [0.29, 0.717) is 18.3 Å². The van der Waals surface area contributed by atoms with E-state index in [-0.39, 0.29) is 5.41 Å². The average Bonchev–Trinajstić information content (AvgIpc) is 2.35. The molecule has 0 aromatic heterocycles. The fourth-order valence-electron chi connectivity index (χ4n) is 2.95. The van der Waals surface area contributed by atoms with Crippen molar-refractivity contribution in [2.24, 2.45) is 5.41 Å². The summed E-state index contributed by atoms with van der Waals surface area (Å²) in [5.74, 6) is -0.404. The highest BCUT2D eigenvalue weighted by Gasteiger charge is 2.28. The molecule has 0 amide bonds. The van der Waals surface area contributed by atoms with Crippen molar-refractivity contribution in [2.45, 2.75) is 52.9 Å². The van der Waals surface area contributed by atoms with E-state index in [4.69, 9.17) is 4.74 Å². The molecule has 3 nitrogen and oxygen atoms in total. The lowest BCUT2D eigenvalue weighted by atomic mass is 9.71. The predicted molar refractivity (Wildman–Crippen MR) is 75.7 cm³/mol. The largest absolute Gasteiger partial charge is 0.466 e. The van der Waals surface area contributed by atoms with Crippen LogP contribution in [0.3, 0.4) is 0 Å². The van der Waals surface area contributed by atoms with Gasteiger partial charge in [-0.2, -0.15) is 0 Å². The molecule has 0 atom stereocenters. The second kappa shape index (κ2) is 6.69. The summed E-state index contributed by atoms with van der Waals surface area (Å²) in [5, 5.41) is 0. The summed E-state index contributed by atoms with van der Waals surface area (Å²) in [4.78, 5) is 22.1. The van der Waals surface area contributed by atoms with Gasteiger partial charge in [0.1, 0.15) is 6.29 Å². The molecule has 3 heteroatoms. The molecule has 1 rings (SSSR count). The highest BCUT2D eigenvalue weighted by molar-refractivity contribution is 5.92. The number of carbonyl (C=O) groups is 2. The molecular formula is C16H24O3. The molecular weight excluding hydrogens is 240 g/mol. The quantitative estimate of drug-likeness (QED) is 0.330. The Morgan fingerprint density at radius 1 is 1.42 bits per heavy atom. The third kappa shape index (κ3) is 4.05. The van der Waals surface area contributed by atoms with Crippen LogP contribution in [0.25, 0.3) is 0 Å². The molecule has 0 heterocycles. The van der Waals surface area contributed by atoms with Gasteiger partial charge in [0.05, 0.1) is 7.11 Å². The monoisotopic (exact) mass is 264 g/mol. The zero-order valence-corrected chi connectivity index (χ0v) is 12.4. The summed E-state index contributed by atoms with van der Waals surface area (Å²) in [7, 11) is 1.34. The van der Waals surface area contributed by atoms with Crippen LogP contribution in [0.4, 0.5) is 0 Å². The van der Waals surface area contributed by atoms with Crippen molar-refractivity contribution in [3.8, 4) is 0 Å². The number of rotatable bonds is 5. The highest BCUT2D eigenvalue weighted by Crippen LogP contribution is 2.42. The number of allylic oxidation sites excluding steroid dienone is 3. The van der Waals surface area contributed by atoms with Gasteiger partial charge in [-0.15, -0.1) is 0 Å². The standard InChI is InChI=1S/C16H24O3/c1-12-6-5-10-16(2,3)14(12)8-7-13(9-11-17)15(18)19-4/h9,11H,5-8,10H2,1-4H3/b13-9-. The molecule has 0 spiro atoms. The topological polar surface area (TPSA) is 43.4 Å². The number of hydrogen-bond donors (Lipinski definition) is 0. The van der Waals surface area contributed by atoms with Gasteiger partial charge < -0.3 is 4.74 Å². The third-order valence-corrected chi connectivity index (χ3v) is 4.05. The van der Waals surface area contributed by atoms with Crippen molar-refractivity contribution in [2.75, 3.05) is 7.11 Å². The zero-order valence-electron chi connectivity index (χ0n) is 12.4. The molecule has 19 heavy (non-hydrogen) atoms. The van der Waals surface area contributed by atoms with Crippen molar-refractivity contribution in [3.05, 3.63) is 22.8 Å². The van der Waals surface area contributed by atoms with E-state index >= 15 is 0 Å². The number of hydrogen-bond acceptors (Lipinski definition) is 3. The molecule has 0 aliphatic heterocycles. The van der Waals surface area contributed by atoms with Crippen LogP contribution in [-0.2, 0) is 14.3 Å². The maximum absolute atomic E-state index is 11.6. The summed E-state index contributed by atoms with van der Waals surface area (Å²) in [5.41, 5.74) is 3.52. The minimum atomic E-state index is -0.404. The summed E-state index contributed by atoms with van der Waals surface area (Å²) >= 11 is 0. The Hall–Kier alpha value is -1.38. The van der Waals surface area contributed by atoms with Crippen LogP contribution in [0, 0.1) is 5.41 Å². The minimum Gasteiger partial charge on any atom is -0.466 e. The Kier molecular flexibility index (Phi) is 5.52. The molecule has 106 valence electrons. The molecule has 0 unspecified atom stereocenters. The van der Waals surface area contributed by atoms with E-state index in [1.807, 2.05) is 0 Å². The molecule has 1 aliphatic rings. The second-order valence-corrected chi connectivity index (χ2v) is 5.82. The van der Waals surface area contributed by atoms with Crippen LogP contribution in [0.1, 0.15) is 52.9 Å². The Balaban J connectivity index is 2.81. The molecule has 0 fully saturated rings. The van der Waals surface area contributed by atoms with Gasteiger partial charge >= 0.3 is 5.97 Å². The molecule has 1 aliphatic carbocycles. The van der Waals surface area contributed by atoms with Crippen molar-refractivity contribution < 1.29 is 14.3 Å². The van der Waals surface area contributed by atoms with Crippen LogP contribution in [-0.4, -0.2) is 19.4 Å². The fourth-order valence-corrected chi connectivity index (χ4v) is 2.95. The van der Waals surface area contributed by atoms with Crippen molar-refractivity contribution in [1.29, 1.82) is 0 Å². The maximum atomic E-state index is 11.6. The van der Waals surface area contributed by atoms with Gasteiger partial charge in [0.2, 0.25) is 0 Å². The van der Waals surface area contributed by atoms with E-state index in [0.717, 1.165) is 12.8 Å². The minimum absolute atomic E-state index is 0.199. The zero-order chi connectivity index (χ0) is 14.5. The number of ether oxygens (including phenoxy) is 1. The Morgan fingerprint density at radius 2 is 2.11 bits per heavy atom. The van der Waals surface area contributed by atoms with Crippen molar-refractivity contribution >= 4 is 12.3 Å². The second-order valence-electron chi connectivity index (χ2n) is 5.82. The first kappa shape index (κ1) is 15.7. The van der Waals surface area contributed by atoms with Gasteiger partial charge in [0.15, 0.2) is 0 Å². The first-order chi connectivity index (χ1) is 8.92. The van der Waals surface area contributed by atoms with Crippen LogP contribution in [0.5, 0.6) is 0 Å². The van der Waals surface area contributed by atoms with Gasteiger partial charge in [-0.05, 0) is 50.5 Å². The predicted octanol–water partition coefficient (Wildman–Crippen LogP) is 3.59. The lowest BCUT2D eigenvalue weighted by Gasteiger charge is -2.34. The average molecular weight is 264 g/mol. The molecule has 0 aromatic carbocycles. The van der Waals surface area contributed by atoms with Crippen LogP contribution in [0.15, 0.2) is 22.8 Å². The van der Waals surface area contributed by atoms with Gasteiger partial charge in [-0.1, -0.05) is 25.0 Å². The molecule has 0 aromatic rings. The first-order valence-electron chi connectivity index (χ1n) is 6.84. The number of carbonyl (C=O) groups excluding carboxylic acids is 2. The summed E-state index contributed by atoms with van der Waals surface area (Å²) in [6, 6.07) is 0. The number of esters is 1. The Bertz CT molecular complexity index is 414. The van der Waals surface area contributed by atoms with Gasteiger partial charge in [0.25, 0.3) is 0 Å². The Morgan fingerprint density at radius 3 is 2.63 bits per heavy atom. The first-order valence-corrected chi connectivity index (χ1v) is 6.84. The highest BCUT2D eigenvalue weighted by atomic mass is 16.5. The lowest BCUT2D eigenvalue weighted by molar-refractivity contribution is -0.136. The molecule has 0 radical (unpaired) electrons. The SMILES string of the molecule is COC(=O)/C(=C\C=O)CCC1=C(C)CCCC1(C)C. The van der Waals surface area contributed by atoms with Crippen LogP contribution < -0.4 is 0 Å². The Labute approximate surface area is 115 Å². The molecule has 0 N–H and O–H groups in total. The third-order valence-electron chi connectivity index (χ3n) is 4.05. The van der Waals surface area contributed by atoms with E-state index in [1.54, 1.807) is 0 Å². The van der Waals surface area contributed by atoms with E-state index in [1.165, 1.54) is 37.2 Å². The smallest absolute Gasteiger partial charge is 0.333 e. The van der Waals surface area contributed by atoms with Crippen LogP contribution in [0.2, 0.25) is 0 Å². The van der Waals surface area contributed by atoms with Crippen LogP contribution >= 0.6 is 0 Å². The van der Waals surface area contributed by atoms with Gasteiger partial charge in [-0.3, -0.25) is 4.79 Å². The normalized spacial score (nSPS) is 19.3. The molecule has 0 bridgehead atoms. The summed E-state index contributed by atoms with van der Waals surface area (Å²) in [6.07, 6.45) is 6.93. The number of methoxy groups -OCH3 is 1. The van der Waals surface area contributed by atoms with E-state index < -0.39 is 5.97 Å². The number of aldehydes is 1. The molecule has 0 saturated carbocycles. The maximum Gasteiger partial charge on any atom is 0.333 e. The van der Waals surface area contributed by atoms with Crippen molar-refractivity contribution in [1.82, 2.24) is 0 Å². The fraction of sp³-hybridized carbons (Fsp3) is 0.625. The summed E-state index contributed by atoms with van der Waals surface area (Å²) in [6.45, 7) is 6.69. The summed E-state index contributed by atoms with van der Waals surface area (Å²) < 4.78 is 4.70. The van der Waals surface area contributed by atoms with Gasteiger partial charge in [-0.25, -0.2) is 4.79 Å².